The van der Waals surface area contributed by atoms with Gasteiger partial charge in [0.05, 0.1) is 11.4 Å². The number of carbonyl (C=O) groups is 1. The number of fused-ring (bicyclic) bond motifs is 4. The van der Waals surface area contributed by atoms with Crippen molar-refractivity contribution >= 4 is 38.6 Å². The third-order valence-electron chi connectivity index (χ3n) is 5.99. The molecule has 4 N–H and O–H groups in total. The Morgan fingerprint density at radius 1 is 1.13 bits per heavy atom. The SMILES string of the molecule is Nc1ccc(S(=O)(=O)Nc2ncc3cc4n(c3n2)C2(CCCCC2)C(=O)NC4)cc1. The van der Waals surface area contributed by atoms with Crippen molar-refractivity contribution in [2.75, 3.05) is 10.5 Å². The molecule has 156 valence electrons. The Morgan fingerprint density at radius 3 is 2.60 bits per heavy atom. The Kier molecular flexibility index (Phi) is 4.21. The molecule has 0 bridgehead atoms. The van der Waals surface area contributed by atoms with Crippen LogP contribution in [0.5, 0.6) is 0 Å². The number of benzene rings is 1. The predicted molar refractivity (Wildman–Crippen MR) is 112 cm³/mol. The van der Waals surface area contributed by atoms with Crippen LogP contribution in [0.2, 0.25) is 0 Å². The minimum Gasteiger partial charge on any atom is -0.399 e. The highest BCUT2D eigenvalue weighted by molar-refractivity contribution is 7.92. The van der Waals surface area contributed by atoms with E-state index >= 15 is 0 Å². The zero-order chi connectivity index (χ0) is 20.9. The molecule has 10 heteroatoms. The van der Waals surface area contributed by atoms with Gasteiger partial charge in [-0.05, 0) is 43.2 Å². The highest BCUT2D eigenvalue weighted by atomic mass is 32.2. The summed E-state index contributed by atoms with van der Waals surface area (Å²) in [5, 5.41) is 3.79. The molecule has 30 heavy (non-hydrogen) atoms. The smallest absolute Gasteiger partial charge is 0.264 e. The van der Waals surface area contributed by atoms with Gasteiger partial charge in [0, 0.05) is 23.0 Å². The highest BCUT2D eigenvalue weighted by Crippen LogP contribution is 2.41. The van der Waals surface area contributed by atoms with Crippen molar-refractivity contribution in [2.24, 2.45) is 0 Å². The first-order chi connectivity index (χ1) is 14.4. The number of nitrogen functional groups attached to an aromatic ring is 1. The van der Waals surface area contributed by atoms with Crippen LogP contribution in [-0.4, -0.2) is 28.9 Å². The zero-order valence-corrected chi connectivity index (χ0v) is 17.1. The fraction of sp³-hybridized carbons (Fsp3) is 0.350. The van der Waals surface area contributed by atoms with Gasteiger partial charge in [0.1, 0.15) is 11.2 Å². The molecule has 0 atom stereocenters. The third kappa shape index (κ3) is 2.90. The van der Waals surface area contributed by atoms with Gasteiger partial charge in [-0.15, -0.1) is 0 Å². The average Bonchev–Trinajstić information content (AvgIpc) is 3.11. The Morgan fingerprint density at radius 2 is 1.87 bits per heavy atom. The molecule has 1 aliphatic carbocycles. The van der Waals surface area contributed by atoms with Crippen molar-refractivity contribution in [1.82, 2.24) is 19.9 Å². The van der Waals surface area contributed by atoms with E-state index in [1.165, 1.54) is 24.3 Å². The summed E-state index contributed by atoms with van der Waals surface area (Å²) >= 11 is 0. The van der Waals surface area contributed by atoms with Gasteiger partial charge < -0.3 is 15.6 Å². The second-order valence-electron chi connectivity index (χ2n) is 7.89. The third-order valence-corrected chi connectivity index (χ3v) is 7.34. The van der Waals surface area contributed by atoms with E-state index in [0.717, 1.165) is 43.2 Å². The second-order valence-corrected chi connectivity index (χ2v) is 9.58. The maximum absolute atomic E-state index is 12.9. The topological polar surface area (TPSA) is 132 Å². The van der Waals surface area contributed by atoms with Crippen LogP contribution in [0.1, 0.15) is 37.8 Å². The molecule has 1 spiro atoms. The van der Waals surface area contributed by atoms with Crippen LogP contribution in [-0.2, 0) is 26.9 Å². The van der Waals surface area contributed by atoms with Crippen molar-refractivity contribution in [2.45, 2.75) is 49.1 Å². The van der Waals surface area contributed by atoms with Crippen LogP contribution in [0.25, 0.3) is 11.0 Å². The molecule has 2 aromatic heterocycles. The minimum absolute atomic E-state index is 0.00909. The quantitative estimate of drug-likeness (QED) is 0.550. The number of nitrogens with two attached hydrogens (primary N) is 1. The normalized spacial score (nSPS) is 18.2. The first-order valence-corrected chi connectivity index (χ1v) is 11.4. The van der Waals surface area contributed by atoms with E-state index in [-0.39, 0.29) is 16.8 Å². The Labute approximate surface area is 173 Å². The number of rotatable bonds is 3. The lowest BCUT2D eigenvalue weighted by Crippen LogP contribution is -2.54. The van der Waals surface area contributed by atoms with Gasteiger partial charge in [-0.25, -0.2) is 18.1 Å². The van der Waals surface area contributed by atoms with Crippen molar-refractivity contribution < 1.29 is 13.2 Å². The number of nitrogens with one attached hydrogen (secondary N) is 2. The lowest BCUT2D eigenvalue weighted by molar-refractivity contribution is -0.133. The Hall–Kier alpha value is -3.14. The summed E-state index contributed by atoms with van der Waals surface area (Å²) in [7, 11) is -3.87. The lowest BCUT2D eigenvalue weighted by Gasteiger charge is -2.41. The molecule has 5 rings (SSSR count). The summed E-state index contributed by atoms with van der Waals surface area (Å²) in [6.45, 7) is 0.420. The van der Waals surface area contributed by atoms with Gasteiger partial charge in [-0.1, -0.05) is 19.3 Å². The summed E-state index contributed by atoms with van der Waals surface area (Å²) in [5.74, 6) is -0.0213. The summed E-state index contributed by atoms with van der Waals surface area (Å²) in [5.41, 5.74) is 6.98. The number of aromatic nitrogens is 3. The number of amides is 1. The standard InChI is InChI=1S/C20H22N6O3S/c21-14-4-6-16(7-5-14)30(28,29)25-19-23-11-13-10-15-12-22-18(27)20(8-2-1-3-9-20)26(15)17(13)24-19/h4-7,10-11H,1-3,8-9,12,21H2,(H,22,27)(H,23,24,25). The fourth-order valence-corrected chi connectivity index (χ4v) is 5.50. The summed E-state index contributed by atoms with van der Waals surface area (Å²) in [6, 6.07) is 7.86. The van der Waals surface area contributed by atoms with E-state index < -0.39 is 15.6 Å². The largest absolute Gasteiger partial charge is 0.399 e. The van der Waals surface area contributed by atoms with Gasteiger partial charge in [0.2, 0.25) is 11.9 Å². The van der Waals surface area contributed by atoms with Crippen LogP contribution >= 0.6 is 0 Å². The van der Waals surface area contributed by atoms with Crippen molar-refractivity contribution in [1.29, 1.82) is 0 Å². The molecule has 1 aliphatic heterocycles. The van der Waals surface area contributed by atoms with Crippen molar-refractivity contribution in [3.63, 3.8) is 0 Å². The van der Waals surface area contributed by atoms with Crippen LogP contribution in [0.4, 0.5) is 11.6 Å². The van der Waals surface area contributed by atoms with Gasteiger partial charge >= 0.3 is 0 Å². The molecule has 1 aromatic carbocycles. The highest BCUT2D eigenvalue weighted by Gasteiger charge is 2.45. The average molecular weight is 427 g/mol. The molecule has 1 amide bonds. The van der Waals surface area contributed by atoms with E-state index in [0.29, 0.717) is 17.9 Å². The molecule has 1 fully saturated rings. The second kappa shape index (κ2) is 6.69. The van der Waals surface area contributed by atoms with Gasteiger partial charge in [-0.3, -0.25) is 4.79 Å². The van der Waals surface area contributed by atoms with E-state index in [1.807, 2.05) is 10.6 Å². The van der Waals surface area contributed by atoms with E-state index in [9.17, 15) is 13.2 Å². The number of carbonyl (C=O) groups excluding carboxylic acids is 1. The predicted octanol–water partition coefficient (Wildman–Crippen LogP) is 2.10. The zero-order valence-electron chi connectivity index (χ0n) is 16.3. The summed E-state index contributed by atoms with van der Waals surface area (Å²) in [4.78, 5) is 21.7. The first kappa shape index (κ1) is 18.9. The van der Waals surface area contributed by atoms with Crippen LogP contribution < -0.4 is 15.8 Å². The molecular formula is C20H22N6O3S. The first-order valence-electron chi connectivity index (χ1n) is 9.94. The van der Waals surface area contributed by atoms with Gasteiger partial charge in [0.25, 0.3) is 10.0 Å². The molecule has 3 heterocycles. The maximum atomic E-state index is 12.9. The van der Waals surface area contributed by atoms with Crippen LogP contribution in [0.15, 0.2) is 41.4 Å². The molecule has 9 nitrogen and oxygen atoms in total. The molecule has 0 saturated heterocycles. The van der Waals surface area contributed by atoms with Crippen molar-refractivity contribution in [3.8, 4) is 0 Å². The number of anilines is 2. The number of hydrogen-bond donors (Lipinski definition) is 3. The molecule has 1 saturated carbocycles. The Bertz CT molecular complexity index is 1240. The van der Waals surface area contributed by atoms with E-state index in [2.05, 4.69) is 20.0 Å². The fourth-order valence-electron chi connectivity index (χ4n) is 4.55. The van der Waals surface area contributed by atoms with Crippen LogP contribution in [0.3, 0.4) is 0 Å². The van der Waals surface area contributed by atoms with Crippen LogP contribution in [0, 0.1) is 0 Å². The molecule has 2 aliphatic rings. The molecule has 0 unspecified atom stereocenters. The number of hydrogen-bond acceptors (Lipinski definition) is 6. The van der Waals surface area contributed by atoms with E-state index in [4.69, 9.17) is 5.73 Å². The number of sulfonamides is 1. The van der Waals surface area contributed by atoms with E-state index in [1.54, 1.807) is 6.20 Å². The lowest BCUT2D eigenvalue weighted by atomic mass is 9.79. The Balaban J connectivity index is 1.58. The maximum Gasteiger partial charge on any atom is 0.264 e. The monoisotopic (exact) mass is 426 g/mol. The summed E-state index contributed by atoms with van der Waals surface area (Å²) < 4.78 is 29.9. The summed E-state index contributed by atoms with van der Waals surface area (Å²) in [6.07, 6.45) is 6.11. The van der Waals surface area contributed by atoms with Gasteiger partial charge in [-0.2, -0.15) is 4.98 Å². The minimum atomic E-state index is -3.87. The van der Waals surface area contributed by atoms with Crippen molar-refractivity contribution in [3.05, 3.63) is 42.2 Å². The van der Waals surface area contributed by atoms with Gasteiger partial charge in [0.15, 0.2) is 0 Å². The number of nitrogens with zero attached hydrogens (tertiary/aromatic N) is 3. The molecule has 3 aromatic rings. The molecule has 0 radical (unpaired) electrons. The molecular weight excluding hydrogens is 404 g/mol.